The van der Waals surface area contributed by atoms with Crippen LogP contribution >= 0.6 is 0 Å². The molecule has 4 heterocycles. The van der Waals surface area contributed by atoms with Gasteiger partial charge in [-0.2, -0.15) is 0 Å². The molecule has 40 heavy (non-hydrogen) atoms. The number of ether oxygens (including phenoxy) is 2. The van der Waals surface area contributed by atoms with E-state index in [4.69, 9.17) is 9.47 Å². The standard InChI is InChI=1S/C30H42FN5O4/c31-23-16-21-25-29(26(23)35-12-14-39-15-13-35)40-28-20-5-2-1-4-19(20)6-7-24(28)36(25)17-22(27(21)37)30(38)33-8-3-10-34-11-9-32-18-34/h9,11,17-21,23-26,28-29H,1-8,10,12-16H2,(H,33,38). The zero-order chi connectivity index (χ0) is 27.2. The van der Waals surface area contributed by atoms with Crippen LogP contribution in [-0.2, 0) is 25.6 Å². The number of carbonyl (C=O) groups excluding carboxylic acids is 2. The van der Waals surface area contributed by atoms with Crippen LogP contribution < -0.4 is 5.32 Å². The molecule has 1 aromatic heterocycles. The predicted octanol–water partition coefficient (Wildman–Crippen LogP) is 2.32. The lowest BCUT2D eigenvalue weighted by atomic mass is 9.64. The number of hydrogen-bond acceptors (Lipinski definition) is 7. The fourth-order valence-electron chi connectivity index (χ4n) is 8.79. The number of rotatable bonds is 6. The Morgan fingerprint density at radius 2 is 1.95 bits per heavy atom. The SMILES string of the molecule is O=C(NCCCn1ccnc1)C1=CN2C3CCC4CCCCC4C3OC3C(N4CCOCC4)C(F)CC(C1=O)C32. The molecular weight excluding hydrogens is 513 g/mol. The zero-order valence-corrected chi connectivity index (χ0v) is 23.2. The van der Waals surface area contributed by atoms with Gasteiger partial charge >= 0.3 is 0 Å². The first kappa shape index (κ1) is 26.6. The topological polar surface area (TPSA) is 88.9 Å². The van der Waals surface area contributed by atoms with E-state index in [1.54, 1.807) is 12.5 Å². The van der Waals surface area contributed by atoms with Crippen molar-refractivity contribution in [2.45, 2.75) is 94.4 Å². The van der Waals surface area contributed by atoms with Crippen molar-refractivity contribution in [1.82, 2.24) is 24.7 Å². The van der Waals surface area contributed by atoms with Crippen LogP contribution in [0, 0.1) is 17.8 Å². The molecule has 1 amide bonds. The summed E-state index contributed by atoms with van der Waals surface area (Å²) in [6, 6.07) is -0.495. The number of nitrogens with zero attached hydrogens (tertiary/aromatic N) is 4. The third-order valence-corrected chi connectivity index (χ3v) is 10.6. The number of aromatic nitrogens is 2. The Kier molecular flexibility index (Phi) is 7.43. The van der Waals surface area contributed by atoms with Crippen LogP contribution in [0.5, 0.6) is 0 Å². The van der Waals surface area contributed by atoms with Crippen molar-refractivity contribution in [2.24, 2.45) is 17.8 Å². The van der Waals surface area contributed by atoms with Gasteiger partial charge in [0.15, 0.2) is 5.78 Å². The molecule has 0 aromatic carbocycles. The third kappa shape index (κ3) is 4.69. The summed E-state index contributed by atoms with van der Waals surface area (Å²) in [4.78, 5) is 35.8. The minimum atomic E-state index is -1.19. The molecule has 0 bridgehead atoms. The summed E-state index contributed by atoms with van der Waals surface area (Å²) in [5, 5.41) is 2.97. The van der Waals surface area contributed by atoms with Crippen LogP contribution in [0.3, 0.4) is 0 Å². The van der Waals surface area contributed by atoms with Crippen LogP contribution in [0.15, 0.2) is 30.5 Å². The van der Waals surface area contributed by atoms with Crippen LogP contribution in [0.2, 0.25) is 0 Å². The Bertz CT molecular complexity index is 1110. The first-order valence-electron chi connectivity index (χ1n) is 15.5. The molecule has 9 atom stereocenters. The minimum absolute atomic E-state index is 0.0127. The molecule has 6 aliphatic rings. The third-order valence-electron chi connectivity index (χ3n) is 10.6. The molecule has 3 saturated carbocycles. The number of alkyl halides is 1. The summed E-state index contributed by atoms with van der Waals surface area (Å²) in [6.07, 6.45) is 13.6. The molecule has 0 spiro atoms. The zero-order valence-electron chi connectivity index (χ0n) is 23.2. The molecular formula is C30H42FN5O4. The van der Waals surface area contributed by atoms with Gasteiger partial charge in [-0.3, -0.25) is 14.5 Å². The number of carbonyl (C=O) groups is 2. The molecule has 3 aliphatic carbocycles. The largest absolute Gasteiger partial charge is 0.379 e. The van der Waals surface area contributed by atoms with Crippen LogP contribution in [0.25, 0.3) is 0 Å². The van der Waals surface area contributed by atoms with Gasteiger partial charge in [0, 0.05) is 50.7 Å². The number of ketones is 1. The van der Waals surface area contributed by atoms with Crippen molar-refractivity contribution in [2.75, 3.05) is 32.8 Å². The lowest BCUT2D eigenvalue weighted by Crippen LogP contribution is -2.74. The van der Waals surface area contributed by atoms with Gasteiger partial charge in [-0.25, -0.2) is 9.37 Å². The molecule has 2 saturated heterocycles. The lowest BCUT2D eigenvalue weighted by molar-refractivity contribution is -0.235. The van der Waals surface area contributed by atoms with Gasteiger partial charge in [0.05, 0.1) is 55.4 Å². The van der Waals surface area contributed by atoms with Gasteiger partial charge in [-0.05, 0) is 43.9 Å². The second-order valence-corrected chi connectivity index (χ2v) is 12.7. The van der Waals surface area contributed by atoms with E-state index in [-0.39, 0.29) is 41.9 Å². The van der Waals surface area contributed by atoms with Crippen molar-refractivity contribution >= 4 is 11.7 Å². The number of imidazole rings is 1. The summed E-state index contributed by atoms with van der Waals surface area (Å²) in [5.41, 5.74) is 0.186. The Labute approximate surface area is 235 Å². The highest BCUT2D eigenvalue weighted by molar-refractivity contribution is 6.20. The first-order valence-corrected chi connectivity index (χ1v) is 15.5. The lowest BCUT2D eigenvalue weighted by Gasteiger charge is -2.62. The fourth-order valence-corrected chi connectivity index (χ4v) is 8.79. The molecule has 0 radical (unpaired) electrons. The molecule has 1 aromatic rings. The number of nitrogens with one attached hydrogen (secondary N) is 1. The second-order valence-electron chi connectivity index (χ2n) is 12.7. The van der Waals surface area contributed by atoms with Gasteiger partial charge < -0.3 is 24.3 Å². The molecule has 7 rings (SSSR count). The monoisotopic (exact) mass is 555 g/mol. The van der Waals surface area contributed by atoms with E-state index in [2.05, 4.69) is 20.1 Å². The first-order chi connectivity index (χ1) is 19.6. The van der Waals surface area contributed by atoms with Gasteiger partial charge in [0.25, 0.3) is 5.91 Å². The Morgan fingerprint density at radius 3 is 2.77 bits per heavy atom. The van der Waals surface area contributed by atoms with E-state index in [0.29, 0.717) is 44.7 Å². The summed E-state index contributed by atoms with van der Waals surface area (Å²) in [5.74, 6) is -0.0223. The summed E-state index contributed by atoms with van der Waals surface area (Å²) >= 11 is 0. The van der Waals surface area contributed by atoms with Crippen LogP contribution in [0.4, 0.5) is 4.39 Å². The number of morpholine rings is 2. The number of hydrogen-bond donors (Lipinski definition) is 1. The molecule has 9 nitrogen and oxygen atoms in total. The molecule has 9 unspecified atom stereocenters. The van der Waals surface area contributed by atoms with Crippen molar-refractivity contribution in [3.63, 3.8) is 0 Å². The molecule has 5 fully saturated rings. The molecule has 1 N–H and O–H groups in total. The van der Waals surface area contributed by atoms with Crippen molar-refractivity contribution in [1.29, 1.82) is 0 Å². The highest BCUT2D eigenvalue weighted by Gasteiger charge is 2.61. The highest BCUT2D eigenvalue weighted by Crippen LogP contribution is 2.51. The Morgan fingerprint density at radius 1 is 1.10 bits per heavy atom. The number of halogens is 1. The van der Waals surface area contributed by atoms with E-state index in [1.165, 1.54) is 19.3 Å². The van der Waals surface area contributed by atoms with Gasteiger partial charge in [0.1, 0.15) is 6.17 Å². The average molecular weight is 556 g/mol. The number of amides is 1. The van der Waals surface area contributed by atoms with Gasteiger partial charge in [0.2, 0.25) is 0 Å². The van der Waals surface area contributed by atoms with Crippen molar-refractivity contribution in [3.05, 3.63) is 30.5 Å². The van der Waals surface area contributed by atoms with Crippen molar-refractivity contribution < 1.29 is 23.5 Å². The number of aryl methyl sites for hydroxylation is 1. The van der Waals surface area contributed by atoms with E-state index in [0.717, 1.165) is 32.2 Å². The van der Waals surface area contributed by atoms with E-state index >= 15 is 4.39 Å². The average Bonchev–Trinajstić information content (AvgIpc) is 3.50. The maximum Gasteiger partial charge on any atom is 0.256 e. The quantitative estimate of drug-likeness (QED) is 0.426. The number of Topliss-reactive ketones (excluding diaryl/α,β-unsaturated/α-hetero) is 1. The summed E-state index contributed by atoms with van der Waals surface area (Å²) in [6.45, 7) is 3.74. The molecule has 10 heteroatoms. The maximum absolute atomic E-state index is 16.2. The fraction of sp³-hybridized carbons (Fsp3) is 0.767. The van der Waals surface area contributed by atoms with E-state index in [9.17, 15) is 9.59 Å². The predicted molar refractivity (Wildman–Crippen MR) is 145 cm³/mol. The Hall–Kier alpha value is -2.30. The number of fused-ring (bicyclic) bond motifs is 4. The highest BCUT2D eigenvalue weighted by atomic mass is 19.1. The van der Waals surface area contributed by atoms with Crippen molar-refractivity contribution in [3.8, 4) is 0 Å². The molecule has 218 valence electrons. The van der Waals surface area contributed by atoms with E-state index < -0.39 is 24.2 Å². The second kappa shape index (κ2) is 11.2. The molecule has 3 aliphatic heterocycles. The smallest absolute Gasteiger partial charge is 0.256 e. The maximum atomic E-state index is 16.2. The van der Waals surface area contributed by atoms with Gasteiger partial charge in [-0.1, -0.05) is 19.3 Å². The van der Waals surface area contributed by atoms with Gasteiger partial charge in [-0.15, -0.1) is 0 Å². The normalized spacial score (nSPS) is 39.5. The Balaban J connectivity index is 1.17. The minimum Gasteiger partial charge on any atom is -0.379 e. The van der Waals surface area contributed by atoms with Crippen LogP contribution in [0.1, 0.15) is 51.4 Å². The summed E-state index contributed by atoms with van der Waals surface area (Å²) in [7, 11) is 0. The van der Waals surface area contributed by atoms with E-state index in [1.807, 2.05) is 17.0 Å². The summed E-state index contributed by atoms with van der Waals surface area (Å²) < 4.78 is 30.8. The van der Waals surface area contributed by atoms with Crippen LogP contribution in [-0.4, -0.2) is 100 Å².